The molecule has 0 radical (unpaired) electrons. The zero-order valence-electron chi connectivity index (χ0n) is 18.7. The number of aliphatic hydroxyl groups excluding tert-OH is 1. The lowest BCUT2D eigenvalue weighted by atomic mass is 10.1. The number of benzene rings is 1. The van der Waals surface area contributed by atoms with Crippen LogP contribution in [0.15, 0.2) is 18.3 Å². The molecule has 1 aliphatic heterocycles. The highest BCUT2D eigenvalue weighted by Crippen LogP contribution is 2.33. The van der Waals surface area contributed by atoms with Crippen LogP contribution in [0.25, 0.3) is 22.3 Å². The highest BCUT2D eigenvalue weighted by atomic mass is 35.5. The maximum absolute atomic E-state index is 15.2. The first-order valence-corrected chi connectivity index (χ1v) is 11.8. The minimum Gasteiger partial charge on any atom is -0.389 e. The molecule has 176 valence electrons. The standard InChI is InChI=1S/C23H28ClFN6O2/c1-12(2)31-18-8-13(7-16(25)22(18)29-20(31)10-26-14-3-4-14)21-15(24)9-27-23(30-21)28-17-5-6-33-11-19(17)32/h7-9,12,14,17,19,26,32H,3-6,10-11H2,1-2H3,(H,27,28,30)/t17-,19-/m1/s1. The molecule has 0 bridgehead atoms. The van der Waals surface area contributed by atoms with E-state index in [0.717, 1.165) is 5.82 Å². The molecular weight excluding hydrogens is 447 g/mol. The van der Waals surface area contributed by atoms with Crippen molar-refractivity contribution in [1.29, 1.82) is 0 Å². The largest absolute Gasteiger partial charge is 0.389 e. The molecule has 1 aliphatic carbocycles. The maximum Gasteiger partial charge on any atom is 0.223 e. The molecule has 2 aliphatic rings. The Hall–Kier alpha value is -2.33. The molecule has 2 aromatic heterocycles. The second-order valence-corrected chi connectivity index (χ2v) is 9.45. The fourth-order valence-electron chi connectivity index (χ4n) is 4.26. The van der Waals surface area contributed by atoms with Gasteiger partial charge in [0.1, 0.15) is 11.3 Å². The number of rotatable bonds is 7. The van der Waals surface area contributed by atoms with Crippen LogP contribution in [-0.2, 0) is 11.3 Å². The van der Waals surface area contributed by atoms with Gasteiger partial charge in [-0.05, 0) is 45.2 Å². The van der Waals surface area contributed by atoms with E-state index in [-0.39, 0.29) is 18.7 Å². The molecule has 0 amide bonds. The van der Waals surface area contributed by atoms with Gasteiger partial charge in [0, 0.05) is 24.3 Å². The van der Waals surface area contributed by atoms with Crippen molar-refractivity contribution >= 4 is 28.6 Å². The summed E-state index contributed by atoms with van der Waals surface area (Å²) in [6.45, 7) is 5.53. The first-order valence-electron chi connectivity index (χ1n) is 11.4. The van der Waals surface area contributed by atoms with Crippen molar-refractivity contribution in [3.05, 3.63) is 35.0 Å². The van der Waals surface area contributed by atoms with Crippen LogP contribution >= 0.6 is 11.6 Å². The van der Waals surface area contributed by atoms with Gasteiger partial charge in [-0.15, -0.1) is 0 Å². The summed E-state index contributed by atoms with van der Waals surface area (Å²) in [5, 5.41) is 17.1. The van der Waals surface area contributed by atoms with Gasteiger partial charge < -0.3 is 25.0 Å². The number of halogens is 2. The normalized spacial score (nSPS) is 21.2. The molecule has 0 spiro atoms. The maximum atomic E-state index is 15.2. The van der Waals surface area contributed by atoms with E-state index in [2.05, 4.69) is 44.0 Å². The molecule has 2 atom stereocenters. The average Bonchev–Trinajstić information content (AvgIpc) is 3.53. The van der Waals surface area contributed by atoms with Crippen molar-refractivity contribution in [2.75, 3.05) is 18.5 Å². The highest BCUT2D eigenvalue weighted by molar-refractivity contribution is 6.33. The molecule has 1 aromatic carbocycles. The van der Waals surface area contributed by atoms with Crippen molar-refractivity contribution in [1.82, 2.24) is 24.8 Å². The summed E-state index contributed by atoms with van der Waals surface area (Å²) in [6, 6.07) is 3.71. The van der Waals surface area contributed by atoms with Gasteiger partial charge in [-0.25, -0.2) is 19.3 Å². The Labute approximate surface area is 196 Å². The molecule has 8 nitrogen and oxygen atoms in total. The molecule has 10 heteroatoms. The summed E-state index contributed by atoms with van der Waals surface area (Å²) in [7, 11) is 0. The van der Waals surface area contributed by atoms with Gasteiger partial charge in [-0.3, -0.25) is 0 Å². The Balaban J connectivity index is 1.51. The SMILES string of the molecule is CC(C)n1c(CNC2CC2)nc2c(F)cc(-c3nc(N[C@@H]4CCOC[C@H]4O)ncc3Cl)cc21. The quantitative estimate of drug-likeness (QED) is 0.480. The monoisotopic (exact) mass is 474 g/mol. The van der Waals surface area contributed by atoms with E-state index in [0.29, 0.717) is 58.9 Å². The third-order valence-electron chi connectivity index (χ3n) is 6.12. The molecule has 5 rings (SSSR count). The lowest BCUT2D eigenvalue weighted by Crippen LogP contribution is -2.42. The summed E-state index contributed by atoms with van der Waals surface area (Å²) in [6.07, 6.45) is 3.82. The van der Waals surface area contributed by atoms with Crippen LogP contribution in [0.2, 0.25) is 5.02 Å². The van der Waals surface area contributed by atoms with E-state index < -0.39 is 11.9 Å². The highest BCUT2D eigenvalue weighted by Gasteiger charge is 2.26. The zero-order chi connectivity index (χ0) is 23.1. The van der Waals surface area contributed by atoms with Crippen LogP contribution in [0.3, 0.4) is 0 Å². The number of aliphatic hydroxyl groups is 1. The fraction of sp³-hybridized carbons (Fsp3) is 0.522. The van der Waals surface area contributed by atoms with Crippen molar-refractivity contribution in [2.24, 2.45) is 0 Å². The molecule has 1 saturated heterocycles. The summed E-state index contributed by atoms with van der Waals surface area (Å²) in [5.74, 6) is 0.721. The van der Waals surface area contributed by atoms with Crippen molar-refractivity contribution in [3.8, 4) is 11.3 Å². The fourth-order valence-corrected chi connectivity index (χ4v) is 4.46. The second-order valence-electron chi connectivity index (χ2n) is 9.04. The predicted molar refractivity (Wildman–Crippen MR) is 125 cm³/mol. The van der Waals surface area contributed by atoms with Crippen molar-refractivity contribution in [3.63, 3.8) is 0 Å². The van der Waals surface area contributed by atoms with Crippen LogP contribution in [0, 0.1) is 5.82 Å². The Morgan fingerprint density at radius 1 is 1.27 bits per heavy atom. The Kier molecular flexibility index (Phi) is 6.22. The van der Waals surface area contributed by atoms with Crippen LogP contribution in [0.1, 0.15) is 45.0 Å². The molecule has 0 unspecified atom stereocenters. The number of imidazole rings is 1. The van der Waals surface area contributed by atoms with E-state index >= 15 is 4.39 Å². The van der Waals surface area contributed by atoms with Gasteiger partial charge in [0.2, 0.25) is 5.95 Å². The molecular formula is C23H28ClFN6O2. The molecule has 2 fully saturated rings. The number of nitrogens with zero attached hydrogens (tertiary/aromatic N) is 4. The predicted octanol–water partition coefficient (Wildman–Crippen LogP) is 3.68. The van der Waals surface area contributed by atoms with Crippen molar-refractivity contribution in [2.45, 2.75) is 63.9 Å². The minimum atomic E-state index is -0.654. The van der Waals surface area contributed by atoms with E-state index in [1.165, 1.54) is 25.1 Å². The smallest absolute Gasteiger partial charge is 0.223 e. The Morgan fingerprint density at radius 3 is 2.82 bits per heavy atom. The lowest BCUT2D eigenvalue weighted by Gasteiger charge is -2.28. The van der Waals surface area contributed by atoms with E-state index in [4.69, 9.17) is 16.3 Å². The van der Waals surface area contributed by atoms with E-state index in [9.17, 15) is 5.11 Å². The Morgan fingerprint density at radius 2 is 2.09 bits per heavy atom. The summed E-state index contributed by atoms with van der Waals surface area (Å²) >= 11 is 6.43. The van der Waals surface area contributed by atoms with E-state index in [1.54, 1.807) is 0 Å². The number of fused-ring (bicyclic) bond motifs is 1. The third kappa shape index (κ3) is 4.68. The first kappa shape index (κ1) is 22.5. The average molecular weight is 475 g/mol. The van der Waals surface area contributed by atoms with Crippen molar-refractivity contribution < 1.29 is 14.2 Å². The molecule has 3 heterocycles. The number of hydrogen-bond donors (Lipinski definition) is 3. The van der Waals surface area contributed by atoms with Crippen LogP contribution in [0.5, 0.6) is 0 Å². The van der Waals surface area contributed by atoms with Gasteiger partial charge in [-0.1, -0.05) is 11.6 Å². The van der Waals surface area contributed by atoms with Gasteiger partial charge in [0.15, 0.2) is 5.82 Å². The van der Waals surface area contributed by atoms with E-state index in [1.807, 2.05) is 6.07 Å². The number of anilines is 1. The van der Waals surface area contributed by atoms with Crippen LogP contribution < -0.4 is 10.6 Å². The first-order chi connectivity index (χ1) is 15.9. The number of aromatic nitrogens is 4. The van der Waals surface area contributed by atoms with Crippen LogP contribution in [0.4, 0.5) is 10.3 Å². The second kappa shape index (κ2) is 9.13. The molecule has 3 aromatic rings. The third-order valence-corrected chi connectivity index (χ3v) is 6.40. The van der Waals surface area contributed by atoms with Crippen LogP contribution in [-0.4, -0.2) is 56.0 Å². The summed E-state index contributed by atoms with van der Waals surface area (Å²) in [5.41, 5.74) is 2.02. The number of nitrogens with one attached hydrogen (secondary N) is 2. The molecule has 1 saturated carbocycles. The summed E-state index contributed by atoms with van der Waals surface area (Å²) < 4.78 is 22.5. The van der Waals surface area contributed by atoms with Gasteiger partial charge >= 0.3 is 0 Å². The number of ether oxygens (including phenoxy) is 1. The zero-order valence-corrected chi connectivity index (χ0v) is 19.4. The van der Waals surface area contributed by atoms with Gasteiger partial charge in [0.05, 0.1) is 47.7 Å². The molecule has 3 N–H and O–H groups in total. The number of hydrogen-bond acceptors (Lipinski definition) is 7. The summed E-state index contributed by atoms with van der Waals surface area (Å²) in [4.78, 5) is 13.4. The van der Waals surface area contributed by atoms with Gasteiger partial charge in [0.25, 0.3) is 0 Å². The topological polar surface area (TPSA) is 97.1 Å². The van der Waals surface area contributed by atoms with Gasteiger partial charge in [-0.2, -0.15) is 0 Å². The lowest BCUT2D eigenvalue weighted by molar-refractivity contribution is -0.0136. The molecule has 33 heavy (non-hydrogen) atoms. The Bertz CT molecular complexity index is 1170. The minimum absolute atomic E-state index is 0.105.